The first kappa shape index (κ1) is 8.76. The number of fused-ring (bicyclic) bond motifs is 2. The van der Waals surface area contributed by atoms with Crippen LogP contribution in [0, 0.1) is 11.8 Å². The molecule has 0 radical (unpaired) electrons. The molecule has 0 amide bonds. The van der Waals surface area contributed by atoms with Crippen molar-refractivity contribution in [3.8, 4) is 0 Å². The lowest BCUT2D eigenvalue weighted by Crippen LogP contribution is -2.46. The Morgan fingerprint density at radius 1 is 1.27 bits per heavy atom. The van der Waals surface area contributed by atoms with Crippen molar-refractivity contribution in [2.24, 2.45) is 11.8 Å². The number of hydrogen-bond acceptors (Lipinski definition) is 0. The second-order valence-electron chi connectivity index (χ2n) is 3.28. The maximum atomic E-state index is 3.73. The molecule has 1 saturated carbocycles. The van der Waals surface area contributed by atoms with Gasteiger partial charge in [0.1, 0.15) is 0 Å². The van der Waals surface area contributed by atoms with Gasteiger partial charge in [-0.2, -0.15) is 0 Å². The monoisotopic (exact) mass is 342 g/mol. The van der Waals surface area contributed by atoms with E-state index in [1.165, 1.54) is 17.3 Å². The summed E-state index contributed by atoms with van der Waals surface area (Å²) in [7, 11) is 0. The summed E-state index contributed by atoms with van der Waals surface area (Å²) in [6, 6.07) is 0. The Balaban J connectivity index is 2.20. The van der Waals surface area contributed by atoms with E-state index in [1.807, 2.05) is 0 Å². The van der Waals surface area contributed by atoms with Crippen LogP contribution < -0.4 is 0 Å². The van der Waals surface area contributed by atoms with Crippen molar-refractivity contribution in [2.45, 2.75) is 22.5 Å². The first-order chi connectivity index (χ1) is 5.20. The van der Waals surface area contributed by atoms with E-state index in [9.17, 15) is 0 Å². The molecule has 3 heteroatoms. The Labute approximate surface area is 92.2 Å². The van der Waals surface area contributed by atoms with Gasteiger partial charge >= 0.3 is 0 Å². The second-order valence-corrected chi connectivity index (χ2v) is 6.42. The Kier molecular flexibility index (Phi) is 2.51. The van der Waals surface area contributed by atoms with Crippen LogP contribution >= 0.6 is 47.8 Å². The molecule has 2 bridgehead atoms. The molecule has 2 unspecified atom stereocenters. The highest BCUT2D eigenvalue weighted by atomic mass is 79.9. The molecule has 1 fully saturated rings. The van der Waals surface area contributed by atoms with Crippen molar-refractivity contribution in [1.29, 1.82) is 0 Å². The smallest absolute Gasteiger partial charge is 0.0259 e. The summed E-state index contributed by atoms with van der Waals surface area (Å²) in [6.07, 6.45) is 4.87. The molecule has 0 saturated heterocycles. The van der Waals surface area contributed by atoms with E-state index < -0.39 is 0 Å². The van der Waals surface area contributed by atoms with E-state index in [4.69, 9.17) is 0 Å². The lowest BCUT2D eigenvalue weighted by Gasteiger charge is -2.44. The SMILES string of the molecule is BrC1=CC2[C@@H](Br)C(CC1)[C@H]2Br. The zero-order valence-electron chi connectivity index (χ0n) is 5.93. The number of rotatable bonds is 0. The van der Waals surface area contributed by atoms with Crippen molar-refractivity contribution < 1.29 is 0 Å². The average Bonchev–Trinajstić information content (AvgIpc) is 2.21. The molecule has 0 N–H and O–H groups in total. The van der Waals surface area contributed by atoms with Crippen molar-refractivity contribution in [3.05, 3.63) is 10.6 Å². The number of halogens is 3. The molecular formula is C8H9Br3. The van der Waals surface area contributed by atoms with Crippen LogP contribution in [-0.2, 0) is 0 Å². The fourth-order valence-corrected chi connectivity index (χ4v) is 5.38. The molecule has 0 nitrogen and oxygen atoms in total. The van der Waals surface area contributed by atoms with Gasteiger partial charge < -0.3 is 0 Å². The summed E-state index contributed by atoms with van der Waals surface area (Å²) in [4.78, 5) is 1.42. The van der Waals surface area contributed by atoms with Crippen molar-refractivity contribution in [1.82, 2.24) is 0 Å². The Morgan fingerprint density at radius 2 is 1.91 bits per heavy atom. The van der Waals surface area contributed by atoms with Crippen LogP contribution in [0.4, 0.5) is 0 Å². The normalized spacial score (nSPS) is 49.2. The third kappa shape index (κ3) is 1.37. The summed E-state index contributed by atoms with van der Waals surface area (Å²) >= 11 is 11.0. The highest BCUT2D eigenvalue weighted by molar-refractivity contribution is 9.11. The van der Waals surface area contributed by atoms with Gasteiger partial charge in [-0.1, -0.05) is 53.9 Å². The molecular weight excluding hydrogens is 336 g/mol. The number of allylic oxidation sites excluding steroid dienone is 2. The fourth-order valence-electron chi connectivity index (χ4n) is 1.88. The largest absolute Gasteiger partial charge is 0.0880 e. The summed E-state index contributed by atoms with van der Waals surface area (Å²) in [6.45, 7) is 0. The van der Waals surface area contributed by atoms with Gasteiger partial charge in [-0.15, -0.1) is 0 Å². The minimum atomic E-state index is 0.705. The van der Waals surface area contributed by atoms with Crippen LogP contribution in [0.15, 0.2) is 10.6 Å². The van der Waals surface area contributed by atoms with Gasteiger partial charge in [-0.25, -0.2) is 0 Å². The molecule has 4 atom stereocenters. The van der Waals surface area contributed by atoms with Crippen molar-refractivity contribution in [2.75, 3.05) is 0 Å². The van der Waals surface area contributed by atoms with E-state index in [1.54, 1.807) is 0 Å². The van der Waals surface area contributed by atoms with Gasteiger partial charge in [0.25, 0.3) is 0 Å². The minimum absolute atomic E-state index is 0.705. The zero-order chi connectivity index (χ0) is 8.01. The van der Waals surface area contributed by atoms with Crippen LogP contribution in [-0.4, -0.2) is 9.65 Å². The first-order valence-corrected chi connectivity index (χ1v) is 6.47. The first-order valence-electron chi connectivity index (χ1n) is 3.84. The van der Waals surface area contributed by atoms with E-state index in [-0.39, 0.29) is 0 Å². The van der Waals surface area contributed by atoms with Crippen molar-refractivity contribution >= 4 is 47.8 Å². The predicted molar refractivity (Wildman–Crippen MR) is 58.7 cm³/mol. The summed E-state index contributed by atoms with van der Waals surface area (Å²) < 4.78 is 1.39. The van der Waals surface area contributed by atoms with Crippen LogP contribution in [0.3, 0.4) is 0 Å². The standard InChI is InChI=1S/C8H9Br3/c9-4-1-2-5-7(10)6(3-4)8(5)11/h3,5-8H,1-2H2/t5?,6?,7-,8+. The van der Waals surface area contributed by atoms with E-state index in [0.29, 0.717) is 15.6 Å². The second kappa shape index (κ2) is 3.15. The predicted octanol–water partition coefficient (Wildman–Crippen LogP) is 3.83. The van der Waals surface area contributed by atoms with Crippen LogP contribution in [0.1, 0.15) is 12.8 Å². The topological polar surface area (TPSA) is 0 Å². The summed E-state index contributed by atoms with van der Waals surface area (Å²) in [5.74, 6) is 1.54. The molecule has 3 aliphatic carbocycles. The van der Waals surface area contributed by atoms with Gasteiger partial charge in [-0.3, -0.25) is 0 Å². The maximum absolute atomic E-state index is 3.73. The molecule has 0 heterocycles. The average molecular weight is 345 g/mol. The fraction of sp³-hybridized carbons (Fsp3) is 0.750. The van der Waals surface area contributed by atoms with E-state index in [0.717, 1.165) is 5.92 Å². The molecule has 0 aliphatic heterocycles. The van der Waals surface area contributed by atoms with E-state index >= 15 is 0 Å². The molecule has 11 heavy (non-hydrogen) atoms. The third-order valence-corrected chi connectivity index (χ3v) is 5.88. The Bertz CT molecular complexity index is 190. The third-order valence-electron chi connectivity index (χ3n) is 2.64. The van der Waals surface area contributed by atoms with Gasteiger partial charge in [-0.05, 0) is 23.2 Å². The van der Waals surface area contributed by atoms with Crippen LogP contribution in [0.5, 0.6) is 0 Å². The maximum Gasteiger partial charge on any atom is 0.0259 e. The van der Waals surface area contributed by atoms with E-state index in [2.05, 4.69) is 53.9 Å². The van der Waals surface area contributed by atoms with Gasteiger partial charge in [0.15, 0.2) is 0 Å². The molecule has 0 aromatic rings. The Morgan fingerprint density at radius 3 is 2.55 bits per heavy atom. The molecule has 3 aliphatic rings. The van der Waals surface area contributed by atoms with Gasteiger partial charge in [0.2, 0.25) is 0 Å². The minimum Gasteiger partial charge on any atom is -0.0880 e. The molecule has 3 rings (SSSR count). The highest BCUT2D eigenvalue weighted by Crippen LogP contribution is 2.51. The zero-order valence-corrected chi connectivity index (χ0v) is 10.7. The molecule has 0 spiro atoms. The molecule has 0 aromatic heterocycles. The Hall–Kier alpha value is 1.18. The summed E-state index contributed by atoms with van der Waals surface area (Å²) in [5.41, 5.74) is 0. The highest BCUT2D eigenvalue weighted by Gasteiger charge is 2.47. The van der Waals surface area contributed by atoms with Gasteiger partial charge in [0.05, 0.1) is 0 Å². The lowest BCUT2D eigenvalue weighted by molar-refractivity contribution is 0.278. The van der Waals surface area contributed by atoms with Crippen molar-refractivity contribution in [3.63, 3.8) is 0 Å². The number of alkyl halides is 2. The van der Waals surface area contributed by atoms with Crippen LogP contribution in [0.25, 0.3) is 0 Å². The lowest BCUT2D eigenvalue weighted by atomic mass is 9.74. The summed E-state index contributed by atoms with van der Waals surface area (Å²) in [5, 5.41) is 0. The quantitative estimate of drug-likeness (QED) is 0.586. The molecule has 0 aromatic carbocycles. The number of hydrogen-bond donors (Lipinski definition) is 0. The molecule has 62 valence electrons. The van der Waals surface area contributed by atoms with Crippen LogP contribution in [0.2, 0.25) is 0 Å². The van der Waals surface area contributed by atoms with Gasteiger partial charge in [0, 0.05) is 15.6 Å².